The molecular formula is C33H45FO2. The molecule has 3 aromatic rings. The van der Waals surface area contributed by atoms with Gasteiger partial charge in [0.25, 0.3) is 0 Å². The molecule has 2 nitrogen and oxygen atoms in total. The first-order valence-corrected chi connectivity index (χ1v) is 14.8. The van der Waals surface area contributed by atoms with E-state index in [2.05, 4.69) is 19.9 Å². The molecule has 1 saturated carbocycles. The van der Waals surface area contributed by atoms with Crippen molar-refractivity contribution in [1.29, 1.82) is 0 Å². The van der Waals surface area contributed by atoms with Crippen molar-refractivity contribution >= 4 is 21.7 Å². The Morgan fingerprint density at radius 2 is 1.44 bits per heavy atom. The lowest BCUT2D eigenvalue weighted by Gasteiger charge is -2.29. The molecule has 0 atom stereocenters. The van der Waals surface area contributed by atoms with Crippen LogP contribution in [0.25, 0.3) is 21.7 Å². The smallest absolute Gasteiger partial charge is 0.344 e. The van der Waals surface area contributed by atoms with Crippen LogP contribution in [0.2, 0.25) is 0 Å². The number of unbranched alkanes of at least 4 members (excludes halogenated alkanes) is 8. The van der Waals surface area contributed by atoms with Gasteiger partial charge in [-0.15, -0.1) is 0 Å². The van der Waals surface area contributed by atoms with E-state index in [9.17, 15) is 4.79 Å². The molecule has 0 spiro atoms. The van der Waals surface area contributed by atoms with E-state index < -0.39 is 5.63 Å². The van der Waals surface area contributed by atoms with E-state index in [-0.39, 0.29) is 11.4 Å². The van der Waals surface area contributed by atoms with Crippen molar-refractivity contribution in [2.75, 3.05) is 0 Å². The second-order valence-corrected chi connectivity index (χ2v) is 11.2. The van der Waals surface area contributed by atoms with Crippen LogP contribution >= 0.6 is 0 Å². The van der Waals surface area contributed by atoms with Crippen molar-refractivity contribution in [1.82, 2.24) is 0 Å². The lowest BCUT2D eigenvalue weighted by atomic mass is 9.76. The van der Waals surface area contributed by atoms with Crippen molar-refractivity contribution in [2.24, 2.45) is 5.92 Å². The minimum absolute atomic E-state index is 0.107. The van der Waals surface area contributed by atoms with Gasteiger partial charge in [0.1, 0.15) is 0 Å². The van der Waals surface area contributed by atoms with Gasteiger partial charge in [-0.3, -0.25) is 0 Å². The van der Waals surface area contributed by atoms with Gasteiger partial charge in [0.05, 0.1) is 5.39 Å². The SMILES string of the molecule is CCCCCCCCCCC1CCC(c2ccc3c(c2)c(=O)oc2c(F)c(CCCC)ccc23)CC1. The highest BCUT2D eigenvalue weighted by molar-refractivity contribution is 6.04. The maximum Gasteiger partial charge on any atom is 0.344 e. The molecule has 0 bridgehead atoms. The predicted octanol–water partition coefficient (Wildman–Crippen LogP) is 10.2. The second-order valence-electron chi connectivity index (χ2n) is 11.2. The Labute approximate surface area is 216 Å². The molecule has 0 unspecified atom stereocenters. The number of hydrogen-bond donors (Lipinski definition) is 0. The third-order valence-electron chi connectivity index (χ3n) is 8.51. The van der Waals surface area contributed by atoms with Crippen molar-refractivity contribution in [2.45, 2.75) is 122 Å². The molecule has 0 aliphatic heterocycles. The summed E-state index contributed by atoms with van der Waals surface area (Å²) in [6, 6.07) is 9.97. The normalized spacial score (nSPS) is 18.3. The Balaban J connectivity index is 1.35. The van der Waals surface area contributed by atoms with Gasteiger partial charge in [0, 0.05) is 10.8 Å². The number of aryl methyl sites for hydroxylation is 1. The van der Waals surface area contributed by atoms with E-state index >= 15 is 4.39 Å². The van der Waals surface area contributed by atoms with Crippen LogP contribution in [0, 0.1) is 11.7 Å². The highest BCUT2D eigenvalue weighted by Gasteiger charge is 2.23. The number of fused-ring (bicyclic) bond motifs is 3. The molecule has 0 saturated heterocycles. The molecule has 4 rings (SSSR count). The van der Waals surface area contributed by atoms with Gasteiger partial charge < -0.3 is 4.42 Å². The molecule has 0 N–H and O–H groups in total. The molecule has 0 radical (unpaired) electrons. The molecule has 36 heavy (non-hydrogen) atoms. The van der Waals surface area contributed by atoms with Gasteiger partial charge in [-0.1, -0.05) is 102 Å². The predicted molar refractivity (Wildman–Crippen MR) is 150 cm³/mol. The Morgan fingerprint density at radius 3 is 2.17 bits per heavy atom. The first-order valence-electron chi connectivity index (χ1n) is 14.8. The molecule has 196 valence electrons. The molecule has 2 aromatic carbocycles. The summed E-state index contributed by atoms with van der Waals surface area (Å²) in [6.45, 7) is 4.37. The standard InChI is InChI=1S/C33H45FO2/c1-3-5-7-8-9-10-11-12-13-24-15-17-25(18-16-24)27-20-21-28-29-22-19-26(14-6-4-2)31(34)32(29)36-33(35)30(28)23-27/h19-25H,3-18H2,1-2H3. The summed E-state index contributed by atoms with van der Waals surface area (Å²) in [7, 11) is 0. The maximum absolute atomic E-state index is 15.1. The number of benzene rings is 2. The first-order chi connectivity index (χ1) is 17.6. The van der Waals surface area contributed by atoms with Gasteiger partial charge in [0.2, 0.25) is 0 Å². The fraction of sp³-hybridized carbons (Fsp3) is 0.606. The van der Waals surface area contributed by atoms with Crippen molar-refractivity contribution in [3.05, 3.63) is 57.7 Å². The van der Waals surface area contributed by atoms with Gasteiger partial charge in [-0.25, -0.2) is 9.18 Å². The van der Waals surface area contributed by atoms with Crippen molar-refractivity contribution in [3.8, 4) is 0 Å². The van der Waals surface area contributed by atoms with Crippen LogP contribution in [-0.2, 0) is 6.42 Å². The van der Waals surface area contributed by atoms with Crippen molar-refractivity contribution < 1.29 is 8.81 Å². The van der Waals surface area contributed by atoms with E-state index in [1.54, 1.807) is 0 Å². The van der Waals surface area contributed by atoms with Crippen molar-refractivity contribution in [3.63, 3.8) is 0 Å². The molecule has 1 aliphatic rings. The lowest BCUT2D eigenvalue weighted by Crippen LogP contribution is -2.14. The third-order valence-corrected chi connectivity index (χ3v) is 8.51. The summed E-state index contributed by atoms with van der Waals surface area (Å²) in [4.78, 5) is 12.9. The van der Waals surface area contributed by atoms with Crippen LogP contribution < -0.4 is 5.63 Å². The average molecular weight is 493 g/mol. The fourth-order valence-corrected chi connectivity index (χ4v) is 6.19. The fourth-order valence-electron chi connectivity index (χ4n) is 6.19. The zero-order valence-corrected chi connectivity index (χ0v) is 22.5. The van der Waals surface area contributed by atoms with Crippen LogP contribution in [0.5, 0.6) is 0 Å². The lowest BCUT2D eigenvalue weighted by molar-refractivity contribution is 0.302. The van der Waals surface area contributed by atoms with Crippen LogP contribution in [0.4, 0.5) is 4.39 Å². The Hall–Kier alpha value is -2.16. The average Bonchev–Trinajstić information content (AvgIpc) is 2.90. The zero-order chi connectivity index (χ0) is 25.3. The quantitative estimate of drug-likeness (QED) is 0.135. The van der Waals surface area contributed by atoms with Gasteiger partial charge in [0.15, 0.2) is 11.4 Å². The third kappa shape index (κ3) is 6.58. The minimum Gasteiger partial charge on any atom is -0.419 e. The van der Waals surface area contributed by atoms with E-state index in [0.29, 0.717) is 28.7 Å². The Bertz CT molecular complexity index is 1170. The van der Waals surface area contributed by atoms with E-state index in [1.165, 1.54) is 89.0 Å². The summed E-state index contributed by atoms with van der Waals surface area (Å²) >= 11 is 0. The van der Waals surface area contributed by atoms with E-state index in [0.717, 1.165) is 24.1 Å². The van der Waals surface area contributed by atoms with E-state index in [4.69, 9.17) is 4.42 Å². The molecule has 1 fully saturated rings. The number of rotatable bonds is 13. The molecule has 1 aliphatic carbocycles. The number of hydrogen-bond acceptors (Lipinski definition) is 2. The van der Waals surface area contributed by atoms with Crippen LogP contribution in [-0.4, -0.2) is 0 Å². The first kappa shape index (κ1) is 26.9. The van der Waals surface area contributed by atoms with Crippen LogP contribution in [0.3, 0.4) is 0 Å². The monoisotopic (exact) mass is 492 g/mol. The van der Waals surface area contributed by atoms with Gasteiger partial charge >= 0.3 is 5.63 Å². The topological polar surface area (TPSA) is 30.2 Å². The molecule has 3 heteroatoms. The van der Waals surface area contributed by atoms with Crippen LogP contribution in [0.15, 0.2) is 39.5 Å². The Kier molecular flexibility index (Phi) is 10.0. The summed E-state index contributed by atoms with van der Waals surface area (Å²) in [5.74, 6) is 0.993. The molecule has 1 aromatic heterocycles. The second kappa shape index (κ2) is 13.4. The largest absolute Gasteiger partial charge is 0.419 e. The summed E-state index contributed by atoms with van der Waals surface area (Å²) in [5.41, 5.74) is 1.55. The summed E-state index contributed by atoms with van der Waals surface area (Å²) in [6.07, 6.45) is 20.0. The molecular weight excluding hydrogens is 447 g/mol. The highest BCUT2D eigenvalue weighted by Crippen LogP contribution is 2.39. The summed E-state index contributed by atoms with van der Waals surface area (Å²) in [5, 5.41) is 2.08. The summed E-state index contributed by atoms with van der Waals surface area (Å²) < 4.78 is 20.6. The Morgan fingerprint density at radius 1 is 0.778 bits per heavy atom. The van der Waals surface area contributed by atoms with Gasteiger partial charge in [-0.05, 0) is 67.6 Å². The molecule has 1 heterocycles. The minimum atomic E-state index is -0.422. The van der Waals surface area contributed by atoms with Gasteiger partial charge in [-0.2, -0.15) is 0 Å². The highest BCUT2D eigenvalue weighted by atomic mass is 19.1. The maximum atomic E-state index is 15.1. The van der Waals surface area contributed by atoms with E-state index in [1.807, 2.05) is 24.3 Å². The molecule has 0 amide bonds. The number of halogens is 1. The van der Waals surface area contributed by atoms with Crippen LogP contribution in [0.1, 0.15) is 127 Å². The zero-order valence-electron chi connectivity index (χ0n) is 22.5.